The molecule has 1 heterocycles. The van der Waals surface area contributed by atoms with Gasteiger partial charge in [-0.15, -0.1) is 0 Å². The number of pyridine rings is 1. The highest BCUT2D eigenvalue weighted by Gasteiger charge is 2.34. The van der Waals surface area contributed by atoms with Crippen molar-refractivity contribution in [1.29, 1.82) is 5.26 Å². The highest BCUT2D eigenvalue weighted by Crippen LogP contribution is 2.35. The molecule has 1 N–H and O–H groups in total. The van der Waals surface area contributed by atoms with Gasteiger partial charge < -0.3 is 10.1 Å². The second-order valence-corrected chi connectivity index (χ2v) is 6.60. The minimum Gasteiger partial charge on any atom is -0.490 e. The molecule has 8 heteroatoms. The number of hydrogen-bond acceptors (Lipinski definition) is 4. The van der Waals surface area contributed by atoms with E-state index >= 15 is 0 Å². The monoisotopic (exact) mass is 389 g/mol. The van der Waals surface area contributed by atoms with Gasteiger partial charge in [0.2, 0.25) is 0 Å². The van der Waals surface area contributed by atoms with Crippen LogP contribution in [-0.2, 0) is 6.18 Å². The zero-order valence-electron chi connectivity index (χ0n) is 14.9. The molecule has 0 radical (unpaired) electrons. The Morgan fingerprint density at radius 2 is 1.93 bits per heavy atom. The zero-order valence-corrected chi connectivity index (χ0v) is 14.9. The van der Waals surface area contributed by atoms with Crippen LogP contribution in [0.2, 0.25) is 0 Å². The van der Waals surface area contributed by atoms with E-state index in [0.29, 0.717) is 31.4 Å². The van der Waals surface area contributed by atoms with Crippen LogP contribution in [0.4, 0.5) is 13.2 Å². The average molecular weight is 389 g/mol. The predicted octanol–water partition coefficient (Wildman–Crippen LogP) is 4.09. The molecule has 0 atom stereocenters. The number of nitrogens with zero attached hydrogens (tertiary/aromatic N) is 2. The number of halogens is 3. The molecular weight excluding hydrogens is 371 g/mol. The number of nitriles is 1. The minimum atomic E-state index is -4.61. The summed E-state index contributed by atoms with van der Waals surface area (Å²) in [6.45, 7) is 0. The number of alkyl halides is 3. The summed E-state index contributed by atoms with van der Waals surface area (Å²) < 4.78 is 44.9. The maximum Gasteiger partial charge on any atom is 0.417 e. The maximum atomic E-state index is 13.1. The van der Waals surface area contributed by atoms with Crippen molar-refractivity contribution in [3.8, 4) is 11.8 Å². The lowest BCUT2D eigenvalue weighted by atomic mass is 9.92. The number of carbonyl (C=O) groups is 1. The third-order valence-electron chi connectivity index (χ3n) is 4.63. The fraction of sp³-hybridized carbons (Fsp3) is 0.350. The van der Waals surface area contributed by atoms with Gasteiger partial charge in [-0.05, 0) is 56.0 Å². The molecule has 1 fully saturated rings. The van der Waals surface area contributed by atoms with E-state index in [-0.39, 0.29) is 23.8 Å². The van der Waals surface area contributed by atoms with E-state index in [1.807, 2.05) is 0 Å². The topological polar surface area (TPSA) is 75.0 Å². The quantitative estimate of drug-likeness (QED) is 0.855. The van der Waals surface area contributed by atoms with E-state index in [9.17, 15) is 18.0 Å². The lowest BCUT2D eigenvalue weighted by molar-refractivity contribution is -0.137. The first-order valence-corrected chi connectivity index (χ1v) is 8.86. The Morgan fingerprint density at radius 3 is 2.54 bits per heavy atom. The van der Waals surface area contributed by atoms with Crippen LogP contribution in [-0.4, -0.2) is 23.0 Å². The van der Waals surface area contributed by atoms with E-state index in [1.165, 1.54) is 6.07 Å². The minimum absolute atomic E-state index is 0.0268. The summed E-state index contributed by atoms with van der Waals surface area (Å²) in [6, 6.07) is 9.99. The van der Waals surface area contributed by atoms with Gasteiger partial charge in [0.15, 0.2) is 0 Å². The number of aromatic nitrogens is 1. The molecule has 5 nitrogen and oxygen atoms in total. The molecule has 1 amide bonds. The molecule has 1 saturated carbocycles. The molecule has 0 bridgehead atoms. The number of amides is 1. The molecule has 1 aromatic carbocycles. The van der Waals surface area contributed by atoms with Gasteiger partial charge in [-0.2, -0.15) is 18.4 Å². The number of hydrogen-bond donors (Lipinski definition) is 1. The second kappa shape index (κ2) is 8.30. The zero-order chi connectivity index (χ0) is 20.1. The highest BCUT2D eigenvalue weighted by molar-refractivity contribution is 5.92. The first kappa shape index (κ1) is 19.7. The molecule has 0 unspecified atom stereocenters. The van der Waals surface area contributed by atoms with Crippen LogP contribution in [0.15, 0.2) is 42.6 Å². The van der Waals surface area contributed by atoms with Crippen LogP contribution in [0.5, 0.6) is 5.75 Å². The third kappa shape index (κ3) is 4.80. The number of benzene rings is 1. The largest absolute Gasteiger partial charge is 0.490 e. The molecule has 1 aliphatic carbocycles. The van der Waals surface area contributed by atoms with Crippen molar-refractivity contribution in [2.75, 3.05) is 0 Å². The molecule has 146 valence electrons. The summed E-state index contributed by atoms with van der Waals surface area (Å²) >= 11 is 0. The summed E-state index contributed by atoms with van der Waals surface area (Å²) in [5.74, 6) is -0.154. The molecule has 2 aromatic rings. The number of nitrogens with one attached hydrogen (secondary N) is 1. The standard InChI is InChI=1S/C20H18F3N3O2/c21-20(22,23)17-11-16(7-4-13(17)12-24)28-15-8-5-14(6-9-15)26-19(27)18-3-1-2-10-25-18/h1-4,7,10-11,14-15H,5-6,8-9H2,(H,26,27)/t14-,15-. The van der Waals surface area contributed by atoms with Crippen LogP contribution in [0.3, 0.4) is 0 Å². The number of carbonyl (C=O) groups excluding carboxylic acids is 1. The Hall–Kier alpha value is -3.08. The predicted molar refractivity (Wildman–Crippen MR) is 94.5 cm³/mol. The Balaban J connectivity index is 1.56. The van der Waals surface area contributed by atoms with Crippen molar-refractivity contribution in [2.45, 2.75) is 44.0 Å². The maximum absolute atomic E-state index is 13.1. The SMILES string of the molecule is N#Cc1ccc(O[C@H]2CC[C@H](NC(=O)c3ccccn3)CC2)cc1C(F)(F)F. The smallest absolute Gasteiger partial charge is 0.417 e. The lowest BCUT2D eigenvalue weighted by Crippen LogP contribution is -2.40. The first-order valence-electron chi connectivity index (χ1n) is 8.86. The molecular formula is C20H18F3N3O2. The summed E-state index contributed by atoms with van der Waals surface area (Å²) in [5, 5.41) is 11.8. The molecule has 1 aliphatic rings. The van der Waals surface area contributed by atoms with Crippen molar-refractivity contribution < 1.29 is 22.7 Å². The Morgan fingerprint density at radius 1 is 1.18 bits per heavy atom. The molecule has 0 saturated heterocycles. The third-order valence-corrected chi connectivity index (χ3v) is 4.63. The van der Waals surface area contributed by atoms with Crippen molar-refractivity contribution in [3.63, 3.8) is 0 Å². The van der Waals surface area contributed by atoms with Gasteiger partial charge in [0, 0.05) is 12.2 Å². The van der Waals surface area contributed by atoms with E-state index in [4.69, 9.17) is 10.00 Å². The number of ether oxygens (including phenoxy) is 1. The van der Waals surface area contributed by atoms with Crippen LogP contribution < -0.4 is 10.1 Å². The van der Waals surface area contributed by atoms with Gasteiger partial charge >= 0.3 is 6.18 Å². The van der Waals surface area contributed by atoms with Gasteiger partial charge in [-0.25, -0.2) is 0 Å². The van der Waals surface area contributed by atoms with E-state index in [2.05, 4.69) is 10.3 Å². The average Bonchev–Trinajstić information content (AvgIpc) is 2.69. The van der Waals surface area contributed by atoms with Gasteiger partial charge in [0.25, 0.3) is 5.91 Å². The summed E-state index contributed by atoms with van der Waals surface area (Å²) in [4.78, 5) is 16.1. The summed E-state index contributed by atoms with van der Waals surface area (Å²) in [7, 11) is 0. The van der Waals surface area contributed by atoms with Crippen molar-refractivity contribution in [3.05, 3.63) is 59.4 Å². The molecule has 28 heavy (non-hydrogen) atoms. The lowest BCUT2D eigenvalue weighted by Gasteiger charge is -2.29. The molecule has 1 aromatic heterocycles. The molecule has 3 rings (SSSR count). The first-order chi connectivity index (χ1) is 13.4. The van der Waals surface area contributed by atoms with Gasteiger partial charge in [0.05, 0.1) is 23.3 Å². The van der Waals surface area contributed by atoms with Crippen LogP contribution >= 0.6 is 0 Å². The Labute approximate surface area is 160 Å². The van der Waals surface area contributed by atoms with Crippen LogP contribution in [0.1, 0.15) is 47.3 Å². The Kier molecular flexibility index (Phi) is 5.83. The van der Waals surface area contributed by atoms with Gasteiger partial charge in [0.1, 0.15) is 11.4 Å². The van der Waals surface area contributed by atoms with Crippen molar-refractivity contribution >= 4 is 5.91 Å². The molecule has 0 aliphatic heterocycles. The molecule has 0 spiro atoms. The van der Waals surface area contributed by atoms with Gasteiger partial charge in [-0.3, -0.25) is 9.78 Å². The van der Waals surface area contributed by atoms with E-state index in [1.54, 1.807) is 30.5 Å². The fourth-order valence-corrected chi connectivity index (χ4v) is 3.20. The van der Waals surface area contributed by atoms with E-state index < -0.39 is 17.3 Å². The summed E-state index contributed by atoms with van der Waals surface area (Å²) in [6.07, 6.45) is -0.776. The number of rotatable bonds is 4. The summed E-state index contributed by atoms with van der Waals surface area (Å²) in [5.41, 5.74) is -1.08. The van der Waals surface area contributed by atoms with Crippen LogP contribution in [0.25, 0.3) is 0 Å². The van der Waals surface area contributed by atoms with Crippen molar-refractivity contribution in [1.82, 2.24) is 10.3 Å². The van der Waals surface area contributed by atoms with Crippen LogP contribution in [0, 0.1) is 11.3 Å². The highest BCUT2D eigenvalue weighted by atomic mass is 19.4. The van der Waals surface area contributed by atoms with E-state index in [0.717, 1.165) is 12.1 Å². The van der Waals surface area contributed by atoms with Gasteiger partial charge in [-0.1, -0.05) is 6.07 Å². The second-order valence-electron chi connectivity index (χ2n) is 6.60. The fourth-order valence-electron chi connectivity index (χ4n) is 3.20. The van der Waals surface area contributed by atoms with Crippen molar-refractivity contribution in [2.24, 2.45) is 0 Å². The Bertz CT molecular complexity index is 871. The normalized spacial score (nSPS) is 19.5.